The van der Waals surface area contributed by atoms with Crippen molar-refractivity contribution in [2.45, 2.75) is 20.8 Å². The van der Waals surface area contributed by atoms with E-state index in [0.29, 0.717) is 11.3 Å². The molecule has 0 saturated heterocycles. The van der Waals surface area contributed by atoms with Crippen molar-refractivity contribution in [3.8, 4) is 0 Å². The molecule has 0 aliphatic rings. The van der Waals surface area contributed by atoms with Crippen LogP contribution in [0.25, 0.3) is 11.0 Å². The van der Waals surface area contributed by atoms with Crippen LogP contribution in [0.3, 0.4) is 0 Å². The lowest BCUT2D eigenvalue weighted by atomic mass is 10.1. The van der Waals surface area contributed by atoms with E-state index in [-0.39, 0.29) is 5.78 Å². The van der Waals surface area contributed by atoms with E-state index in [1.807, 2.05) is 45.0 Å². The Balaban J connectivity index is 2.10. The fourth-order valence-corrected chi connectivity index (χ4v) is 2.38. The van der Waals surface area contributed by atoms with Crippen LogP contribution in [0, 0.1) is 20.8 Å². The van der Waals surface area contributed by atoms with Crippen molar-refractivity contribution in [1.29, 1.82) is 0 Å². The summed E-state index contributed by atoms with van der Waals surface area (Å²) in [4.78, 5) is 16.9. The van der Waals surface area contributed by atoms with Gasteiger partial charge in [0, 0.05) is 22.3 Å². The molecule has 0 fully saturated rings. The van der Waals surface area contributed by atoms with Crippen LogP contribution < -0.4 is 0 Å². The summed E-state index contributed by atoms with van der Waals surface area (Å²) in [5.74, 6) is 0.244. The van der Waals surface area contributed by atoms with Gasteiger partial charge in [-0.15, -0.1) is 0 Å². The molecule has 0 spiro atoms. The van der Waals surface area contributed by atoms with Gasteiger partial charge in [0.25, 0.3) is 0 Å². The third-order valence-corrected chi connectivity index (χ3v) is 3.43. The van der Waals surface area contributed by atoms with Crippen molar-refractivity contribution in [2.75, 3.05) is 0 Å². The second-order valence-corrected chi connectivity index (χ2v) is 5.02. The summed E-state index contributed by atoms with van der Waals surface area (Å²) < 4.78 is 5.72. The Kier molecular flexibility index (Phi) is 2.90. The number of pyridine rings is 1. The summed E-state index contributed by atoms with van der Waals surface area (Å²) in [6.45, 7) is 5.72. The molecule has 2 heterocycles. The molecule has 0 bridgehead atoms. The number of furan rings is 1. The Morgan fingerprint density at radius 3 is 2.60 bits per heavy atom. The minimum Gasteiger partial charge on any atom is -0.452 e. The van der Waals surface area contributed by atoms with Crippen LogP contribution in [0.1, 0.15) is 33.1 Å². The van der Waals surface area contributed by atoms with E-state index in [4.69, 9.17) is 4.42 Å². The third kappa shape index (κ3) is 2.01. The second kappa shape index (κ2) is 4.60. The number of carbonyl (C=O) groups excluding carboxylic acids is 1. The Morgan fingerprint density at radius 1 is 1.10 bits per heavy atom. The number of fused-ring (bicyclic) bond motifs is 1. The van der Waals surface area contributed by atoms with Crippen LogP contribution in [0.4, 0.5) is 0 Å². The molecule has 0 unspecified atom stereocenters. The monoisotopic (exact) mass is 265 g/mol. The zero-order chi connectivity index (χ0) is 14.3. The van der Waals surface area contributed by atoms with E-state index in [1.165, 1.54) is 0 Å². The molecule has 0 atom stereocenters. The minimum absolute atomic E-state index is 0.120. The Hall–Kier alpha value is -2.42. The summed E-state index contributed by atoms with van der Waals surface area (Å²) in [6.07, 6.45) is 0. The number of carbonyl (C=O) groups is 1. The average Bonchev–Trinajstić information content (AvgIpc) is 2.83. The van der Waals surface area contributed by atoms with Crippen molar-refractivity contribution in [2.24, 2.45) is 0 Å². The average molecular weight is 265 g/mol. The molecule has 1 aromatic carbocycles. The summed E-state index contributed by atoms with van der Waals surface area (Å²) in [6, 6.07) is 11.3. The summed E-state index contributed by atoms with van der Waals surface area (Å²) in [5.41, 5.74) is 4.02. The molecule has 100 valence electrons. The fraction of sp³-hybridized carbons (Fsp3) is 0.176. The summed E-state index contributed by atoms with van der Waals surface area (Å²) in [5, 5.41) is 0.950. The topological polar surface area (TPSA) is 43.1 Å². The van der Waals surface area contributed by atoms with Gasteiger partial charge in [-0.3, -0.25) is 9.78 Å². The van der Waals surface area contributed by atoms with Gasteiger partial charge in [-0.25, -0.2) is 0 Å². The lowest BCUT2D eigenvalue weighted by Gasteiger charge is -2.02. The van der Waals surface area contributed by atoms with Crippen LogP contribution in [0.5, 0.6) is 0 Å². The zero-order valence-corrected chi connectivity index (χ0v) is 11.7. The zero-order valence-electron chi connectivity index (χ0n) is 11.7. The highest BCUT2D eigenvalue weighted by atomic mass is 16.3. The molecule has 0 radical (unpaired) electrons. The first kappa shape index (κ1) is 12.6. The van der Waals surface area contributed by atoms with Gasteiger partial charge in [-0.05, 0) is 44.5 Å². The first-order chi connectivity index (χ1) is 9.56. The van der Waals surface area contributed by atoms with E-state index in [1.54, 1.807) is 12.1 Å². The molecule has 0 aliphatic heterocycles. The second-order valence-electron chi connectivity index (χ2n) is 5.02. The fourth-order valence-electron chi connectivity index (χ4n) is 2.38. The maximum atomic E-state index is 12.5. The first-order valence-electron chi connectivity index (χ1n) is 6.54. The molecular formula is C17H15NO2. The van der Waals surface area contributed by atoms with Gasteiger partial charge in [0.1, 0.15) is 5.58 Å². The van der Waals surface area contributed by atoms with Crippen LogP contribution in [0.15, 0.2) is 40.8 Å². The highest BCUT2D eigenvalue weighted by Crippen LogP contribution is 2.24. The van der Waals surface area contributed by atoms with E-state index in [2.05, 4.69) is 4.98 Å². The number of hydrogen-bond donors (Lipinski definition) is 0. The maximum Gasteiger partial charge on any atom is 0.230 e. The van der Waals surface area contributed by atoms with Gasteiger partial charge in [0.15, 0.2) is 5.76 Å². The van der Waals surface area contributed by atoms with E-state index in [9.17, 15) is 4.79 Å². The van der Waals surface area contributed by atoms with Crippen molar-refractivity contribution in [3.05, 3.63) is 64.7 Å². The van der Waals surface area contributed by atoms with Crippen LogP contribution in [-0.4, -0.2) is 10.8 Å². The van der Waals surface area contributed by atoms with Gasteiger partial charge in [-0.1, -0.05) is 18.2 Å². The number of rotatable bonds is 2. The Labute approximate surface area is 117 Å². The number of nitrogens with zero attached hydrogens (tertiary/aromatic N) is 1. The Morgan fingerprint density at radius 2 is 1.90 bits per heavy atom. The van der Waals surface area contributed by atoms with E-state index in [0.717, 1.165) is 27.9 Å². The number of para-hydroxylation sites is 1. The van der Waals surface area contributed by atoms with Crippen molar-refractivity contribution in [1.82, 2.24) is 4.98 Å². The summed E-state index contributed by atoms with van der Waals surface area (Å²) in [7, 11) is 0. The van der Waals surface area contributed by atoms with Crippen molar-refractivity contribution >= 4 is 16.8 Å². The van der Waals surface area contributed by atoms with Gasteiger partial charge in [0.05, 0.1) is 0 Å². The molecule has 0 N–H and O–H groups in total. The molecule has 2 aromatic heterocycles. The quantitative estimate of drug-likeness (QED) is 0.658. The number of ketones is 1. The number of aromatic nitrogens is 1. The van der Waals surface area contributed by atoms with Crippen LogP contribution in [-0.2, 0) is 0 Å². The van der Waals surface area contributed by atoms with E-state index >= 15 is 0 Å². The molecule has 0 amide bonds. The standard InChI is InChI=1S/C17H15NO2/c1-10-5-4-6-13-9-15(20-17(10)13)16(19)14-8-7-11(2)18-12(14)3/h4-9H,1-3H3. The molecule has 3 aromatic rings. The molecule has 0 saturated carbocycles. The maximum absolute atomic E-state index is 12.5. The highest BCUT2D eigenvalue weighted by molar-refractivity contribution is 6.09. The van der Waals surface area contributed by atoms with Crippen LogP contribution >= 0.6 is 0 Å². The predicted molar refractivity (Wildman–Crippen MR) is 78.1 cm³/mol. The molecule has 3 nitrogen and oxygen atoms in total. The summed E-state index contributed by atoms with van der Waals surface area (Å²) >= 11 is 0. The highest BCUT2D eigenvalue weighted by Gasteiger charge is 2.17. The van der Waals surface area contributed by atoms with Gasteiger partial charge in [-0.2, -0.15) is 0 Å². The predicted octanol–water partition coefficient (Wildman–Crippen LogP) is 3.98. The third-order valence-electron chi connectivity index (χ3n) is 3.43. The largest absolute Gasteiger partial charge is 0.452 e. The smallest absolute Gasteiger partial charge is 0.230 e. The van der Waals surface area contributed by atoms with Gasteiger partial charge < -0.3 is 4.42 Å². The van der Waals surface area contributed by atoms with Gasteiger partial charge in [0.2, 0.25) is 5.78 Å². The first-order valence-corrected chi connectivity index (χ1v) is 6.54. The SMILES string of the molecule is Cc1ccc(C(=O)c2cc3cccc(C)c3o2)c(C)n1. The molecule has 0 aliphatic carbocycles. The minimum atomic E-state index is -0.120. The van der Waals surface area contributed by atoms with Gasteiger partial charge >= 0.3 is 0 Å². The number of hydrogen-bond acceptors (Lipinski definition) is 3. The lowest BCUT2D eigenvalue weighted by molar-refractivity contribution is 0.101. The van der Waals surface area contributed by atoms with Crippen molar-refractivity contribution < 1.29 is 9.21 Å². The molecule has 20 heavy (non-hydrogen) atoms. The normalized spacial score (nSPS) is 10.9. The molecular weight excluding hydrogens is 250 g/mol. The van der Waals surface area contributed by atoms with Crippen molar-refractivity contribution in [3.63, 3.8) is 0 Å². The van der Waals surface area contributed by atoms with E-state index < -0.39 is 0 Å². The molecule has 3 heteroatoms. The Bertz CT molecular complexity index is 815. The van der Waals surface area contributed by atoms with Crippen LogP contribution in [0.2, 0.25) is 0 Å². The lowest BCUT2D eigenvalue weighted by Crippen LogP contribution is -2.04. The number of benzene rings is 1. The molecule has 3 rings (SSSR count). The number of aryl methyl sites for hydroxylation is 3.